The number of benzene rings is 1. The quantitative estimate of drug-likeness (QED) is 0.745. The summed E-state index contributed by atoms with van der Waals surface area (Å²) < 4.78 is 2.03. The lowest BCUT2D eigenvalue weighted by Gasteiger charge is -2.20. The van der Waals surface area contributed by atoms with E-state index in [-0.39, 0.29) is 17.9 Å². The summed E-state index contributed by atoms with van der Waals surface area (Å²) >= 11 is 0. The molecule has 3 aromatic rings. The molecule has 7 heteroatoms. The van der Waals surface area contributed by atoms with E-state index in [0.717, 1.165) is 35.4 Å². The second-order valence-corrected chi connectivity index (χ2v) is 6.83. The summed E-state index contributed by atoms with van der Waals surface area (Å²) in [6.07, 6.45) is 4.01. The van der Waals surface area contributed by atoms with E-state index in [4.69, 9.17) is 0 Å². The van der Waals surface area contributed by atoms with Crippen LogP contribution in [0.3, 0.4) is 0 Å². The third-order valence-electron chi connectivity index (χ3n) is 4.96. The molecule has 0 spiro atoms. The molecule has 4 rings (SSSR count). The standard InChI is InChI=1S/C18H22N6O/c1-23-9-13(17-8-19-11-24(17)2)16(10-23)20-18(25)7-15-12-5-3-4-6-14(12)21-22-15/h3-6,8,11,13,16H,7,9-10H2,1-2H3,(H,20,25)(H,21,22)/t13-,16-/m1/s1. The van der Waals surface area contributed by atoms with Gasteiger partial charge in [-0.15, -0.1) is 0 Å². The monoisotopic (exact) mass is 338 g/mol. The number of carbonyl (C=O) groups excluding carboxylic acids is 1. The van der Waals surface area contributed by atoms with Crippen LogP contribution in [0.4, 0.5) is 0 Å². The molecule has 3 heterocycles. The lowest BCUT2D eigenvalue weighted by atomic mass is 10.00. The summed E-state index contributed by atoms with van der Waals surface area (Å²) in [6.45, 7) is 1.75. The van der Waals surface area contributed by atoms with Crippen LogP contribution in [-0.2, 0) is 18.3 Å². The first kappa shape index (κ1) is 15.8. The van der Waals surface area contributed by atoms with Crippen LogP contribution >= 0.6 is 0 Å². The van der Waals surface area contributed by atoms with Crippen molar-refractivity contribution >= 4 is 16.8 Å². The molecule has 1 saturated heterocycles. The molecule has 2 atom stereocenters. The van der Waals surface area contributed by atoms with Gasteiger partial charge in [-0.05, 0) is 13.1 Å². The Hall–Kier alpha value is -2.67. The molecule has 7 nitrogen and oxygen atoms in total. The zero-order valence-electron chi connectivity index (χ0n) is 14.4. The lowest BCUT2D eigenvalue weighted by Crippen LogP contribution is -2.40. The summed E-state index contributed by atoms with van der Waals surface area (Å²) in [4.78, 5) is 19.1. The lowest BCUT2D eigenvalue weighted by molar-refractivity contribution is -0.121. The van der Waals surface area contributed by atoms with E-state index in [2.05, 4.69) is 32.4 Å². The number of H-pyrrole nitrogens is 1. The minimum absolute atomic E-state index is 0.0156. The third kappa shape index (κ3) is 3.02. The van der Waals surface area contributed by atoms with Crippen LogP contribution in [0.25, 0.3) is 10.9 Å². The maximum Gasteiger partial charge on any atom is 0.226 e. The van der Waals surface area contributed by atoms with E-state index in [1.165, 1.54) is 0 Å². The Balaban J connectivity index is 1.49. The van der Waals surface area contributed by atoms with E-state index in [1.54, 1.807) is 0 Å². The molecule has 0 saturated carbocycles. The number of aromatic amines is 1. The molecule has 1 aromatic carbocycles. The number of rotatable bonds is 4. The van der Waals surface area contributed by atoms with Crippen molar-refractivity contribution in [3.63, 3.8) is 0 Å². The van der Waals surface area contributed by atoms with Crippen LogP contribution in [-0.4, -0.2) is 56.7 Å². The Kier molecular flexibility index (Phi) is 4.01. The SMILES string of the molecule is CN1C[C@@H](NC(=O)Cc2[nH]nc3ccccc23)[C@H](c2cncn2C)C1. The van der Waals surface area contributed by atoms with Crippen molar-refractivity contribution in [1.82, 2.24) is 30.0 Å². The van der Waals surface area contributed by atoms with Gasteiger partial charge in [-0.2, -0.15) is 5.10 Å². The second kappa shape index (κ2) is 6.33. The number of hydrogen-bond acceptors (Lipinski definition) is 4. The normalized spacial score (nSPS) is 21.0. The zero-order chi connectivity index (χ0) is 17.4. The Bertz CT molecular complexity index is 898. The number of amides is 1. The van der Waals surface area contributed by atoms with Gasteiger partial charge in [0.1, 0.15) is 0 Å². The van der Waals surface area contributed by atoms with Gasteiger partial charge in [-0.3, -0.25) is 9.89 Å². The van der Waals surface area contributed by atoms with Crippen LogP contribution in [0.1, 0.15) is 17.3 Å². The van der Waals surface area contributed by atoms with Crippen molar-refractivity contribution in [1.29, 1.82) is 0 Å². The van der Waals surface area contributed by atoms with Crippen LogP contribution in [0.2, 0.25) is 0 Å². The number of likely N-dealkylation sites (N-methyl/N-ethyl adjacent to an activating group) is 1. The number of likely N-dealkylation sites (tertiary alicyclic amines) is 1. The predicted octanol–water partition coefficient (Wildman–Crippen LogP) is 1.05. The molecule has 0 radical (unpaired) electrons. The Morgan fingerprint density at radius 1 is 1.32 bits per heavy atom. The summed E-state index contributed by atoms with van der Waals surface area (Å²) in [5, 5.41) is 11.5. The summed E-state index contributed by atoms with van der Waals surface area (Å²) in [7, 11) is 4.08. The van der Waals surface area contributed by atoms with Crippen molar-refractivity contribution in [2.75, 3.05) is 20.1 Å². The van der Waals surface area contributed by atoms with E-state index in [1.807, 2.05) is 48.4 Å². The molecule has 2 N–H and O–H groups in total. The van der Waals surface area contributed by atoms with Crippen molar-refractivity contribution in [3.05, 3.63) is 48.2 Å². The molecule has 130 valence electrons. The highest BCUT2D eigenvalue weighted by molar-refractivity contribution is 5.87. The number of imidazole rings is 1. The fourth-order valence-electron chi connectivity index (χ4n) is 3.74. The van der Waals surface area contributed by atoms with Gasteiger partial charge in [0.05, 0.1) is 30.0 Å². The van der Waals surface area contributed by atoms with E-state index < -0.39 is 0 Å². The zero-order valence-corrected chi connectivity index (χ0v) is 14.4. The maximum absolute atomic E-state index is 12.6. The summed E-state index contributed by atoms with van der Waals surface area (Å²) in [5.41, 5.74) is 2.90. The first-order valence-corrected chi connectivity index (χ1v) is 8.48. The van der Waals surface area contributed by atoms with Crippen LogP contribution in [0.5, 0.6) is 0 Å². The highest BCUT2D eigenvalue weighted by Gasteiger charge is 2.34. The summed E-state index contributed by atoms with van der Waals surface area (Å²) in [5.74, 6) is 0.266. The molecule has 0 bridgehead atoms. The van der Waals surface area contributed by atoms with E-state index >= 15 is 0 Å². The van der Waals surface area contributed by atoms with Crippen molar-refractivity contribution in [3.8, 4) is 0 Å². The fourth-order valence-corrected chi connectivity index (χ4v) is 3.74. The van der Waals surface area contributed by atoms with Gasteiger partial charge in [-0.1, -0.05) is 18.2 Å². The summed E-state index contributed by atoms with van der Waals surface area (Å²) in [6, 6.07) is 7.92. The average Bonchev–Trinajstić information content (AvgIpc) is 3.27. The van der Waals surface area contributed by atoms with Gasteiger partial charge < -0.3 is 14.8 Å². The number of aromatic nitrogens is 4. The molecular formula is C18H22N6O. The number of carbonyl (C=O) groups is 1. The molecule has 2 aromatic heterocycles. The highest BCUT2D eigenvalue weighted by Crippen LogP contribution is 2.26. The Labute approximate surface area is 146 Å². The topological polar surface area (TPSA) is 78.8 Å². The first-order chi connectivity index (χ1) is 12.1. The number of para-hydroxylation sites is 1. The second-order valence-electron chi connectivity index (χ2n) is 6.83. The fraction of sp³-hybridized carbons (Fsp3) is 0.389. The van der Waals surface area contributed by atoms with Crippen LogP contribution < -0.4 is 5.32 Å². The Morgan fingerprint density at radius 3 is 2.96 bits per heavy atom. The van der Waals surface area contributed by atoms with Crippen LogP contribution in [0, 0.1) is 0 Å². The number of nitrogens with one attached hydrogen (secondary N) is 2. The van der Waals surface area contributed by atoms with Gasteiger partial charge >= 0.3 is 0 Å². The molecule has 1 amide bonds. The van der Waals surface area contributed by atoms with Gasteiger partial charge in [0, 0.05) is 43.3 Å². The smallest absolute Gasteiger partial charge is 0.226 e. The minimum Gasteiger partial charge on any atom is -0.351 e. The molecular weight excluding hydrogens is 316 g/mol. The van der Waals surface area contributed by atoms with Gasteiger partial charge in [0.25, 0.3) is 0 Å². The van der Waals surface area contributed by atoms with Gasteiger partial charge in [0.2, 0.25) is 5.91 Å². The number of fused-ring (bicyclic) bond motifs is 1. The van der Waals surface area contributed by atoms with Crippen molar-refractivity contribution in [2.24, 2.45) is 7.05 Å². The average molecular weight is 338 g/mol. The third-order valence-corrected chi connectivity index (χ3v) is 4.96. The molecule has 1 fully saturated rings. The molecule has 1 aliphatic rings. The first-order valence-electron chi connectivity index (χ1n) is 8.48. The predicted molar refractivity (Wildman–Crippen MR) is 95.2 cm³/mol. The number of hydrogen-bond donors (Lipinski definition) is 2. The van der Waals surface area contributed by atoms with Crippen molar-refractivity contribution < 1.29 is 4.79 Å². The largest absolute Gasteiger partial charge is 0.351 e. The van der Waals surface area contributed by atoms with Crippen LogP contribution in [0.15, 0.2) is 36.8 Å². The molecule has 1 aliphatic heterocycles. The Morgan fingerprint density at radius 2 is 2.16 bits per heavy atom. The molecule has 0 unspecified atom stereocenters. The van der Waals surface area contributed by atoms with Gasteiger partial charge in [-0.25, -0.2) is 4.98 Å². The minimum atomic E-state index is 0.0156. The number of aryl methyl sites for hydroxylation is 1. The highest BCUT2D eigenvalue weighted by atomic mass is 16.1. The molecule has 0 aliphatic carbocycles. The van der Waals surface area contributed by atoms with Gasteiger partial charge in [0.15, 0.2) is 0 Å². The van der Waals surface area contributed by atoms with Crippen molar-refractivity contribution in [2.45, 2.75) is 18.4 Å². The van der Waals surface area contributed by atoms with E-state index in [9.17, 15) is 4.79 Å². The molecule has 25 heavy (non-hydrogen) atoms. The van der Waals surface area contributed by atoms with E-state index in [0.29, 0.717) is 6.42 Å². The number of nitrogens with zero attached hydrogens (tertiary/aromatic N) is 4. The maximum atomic E-state index is 12.6.